The minimum Gasteiger partial charge on any atom is -0.462 e. The van der Waals surface area contributed by atoms with Crippen molar-refractivity contribution in [3.8, 4) is 11.5 Å². The molecule has 2 aliphatic rings. The number of fused-ring (bicyclic) bond motifs is 2. The fourth-order valence-corrected chi connectivity index (χ4v) is 4.45. The van der Waals surface area contributed by atoms with E-state index in [4.69, 9.17) is 19.6 Å². The summed E-state index contributed by atoms with van der Waals surface area (Å²) in [5, 5.41) is 3.25. The molecule has 0 radical (unpaired) electrons. The molecule has 0 saturated heterocycles. The average molecular weight is 497 g/mol. The lowest BCUT2D eigenvalue weighted by Crippen LogP contribution is -2.35. The lowest BCUT2D eigenvalue weighted by atomic mass is 10.1. The quantitative estimate of drug-likeness (QED) is 0.359. The van der Waals surface area contributed by atoms with Gasteiger partial charge in [0.05, 0.1) is 17.6 Å². The molecule has 0 spiro atoms. The summed E-state index contributed by atoms with van der Waals surface area (Å²) in [4.78, 5) is 15.5. The number of hydrogen-bond donors (Lipinski definition) is 2. The first-order chi connectivity index (χ1) is 17.7. The zero-order valence-electron chi connectivity index (χ0n) is 21.1. The van der Waals surface area contributed by atoms with E-state index in [9.17, 15) is 0 Å². The molecule has 0 bridgehead atoms. The average Bonchev–Trinajstić information content (AvgIpc) is 3.40. The Morgan fingerprint density at radius 3 is 2.73 bits per heavy atom. The van der Waals surface area contributed by atoms with E-state index in [1.165, 1.54) is 0 Å². The third-order valence-corrected chi connectivity index (χ3v) is 6.34. The molecule has 188 valence electrons. The Bertz CT molecular complexity index is 1570. The molecular formula is C28H28N6O3. The highest BCUT2D eigenvalue weighted by molar-refractivity contribution is 5.92. The van der Waals surface area contributed by atoms with Gasteiger partial charge < -0.3 is 29.8 Å². The number of nitrogens with zero attached hydrogens (tertiary/aromatic N) is 4. The van der Waals surface area contributed by atoms with Gasteiger partial charge in [0.15, 0.2) is 11.5 Å². The van der Waals surface area contributed by atoms with Crippen LogP contribution in [0.5, 0.6) is 11.5 Å². The summed E-state index contributed by atoms with van der Waals surface area (Å²) in [6.45, 7) is 8.44. The van der Waals surface area contributed by atoms with E-state index in [0.717, 1.165) is 45.0 Å². The van der Waals surface area contributed by atoms with Crippen molar-refractivity contribution in [2.24, 2.45) is 15.7 Å². The molecule has 3 heterocycles. The van der Waals surface area contributed by atoms with E-state index in [-0.39, 0.29) is 5.54 Å². The molecule has 0 fully saturated rings. The van der Waals surface area contributed by atoms with Crippen LogP contribution in [0.2, 0.25) is 0 Å². The summed E-state index contributed by atoms with van der Waals surface area (Å²) in [6.07, 6.45) is 1.35. The molecule has 6 rings (SSSR count). The number of aliphatic imine (C=N–C) groups is 2. The van der Waals surface area contributed by atoms with Gasteiger partial charge in [-0.1, -0.05) is 0 Å². The fourth-order valence-electron chi connectivity index (χ4n) is 4.45. The van der Waals surface area contributed by atoms with Gasteiger partial charge in [-0.05, 0) is 74.9 Å². The predicted molar refractivity (Wildman–Crippen MR) is 145 cm³/mol. The number of nitrogens with two attached hydrogens (primary N) is 1. The van der Waals surface area contributed by atoms with Crippen molar-refractivity contribution in [3.63, 3.8) is 0 Å². The van der Waals surface area contributed by atoms with Crippen molar-refractivity contribution < 1.29 is 13.9 Å². The summed E-state index contributed by atoms with van der Waals surface area (Å²) >= 11 is 0. The van der Waals surface area contributed by atoms with Crippen LogP contribution in [0.25, 0.3) is 11.1 Å². The van der Waals surface area contributed by atoms with Gasteiger partial charge in [-0.25, -0.2) is 15.0 Å². The second-order valence-electron chi connectivity index (χ2n) is 9.93. The summed E-state index contributed by atoms with van der Waals surface area (Å²) in [6, 6.07) is 18.0. The Morgan fingerprint density at radius 1 is 1.08 bits per heavy atom. The van der Waals surface area contributed by atoms with Gasteiger partial charge in [-0.2, -0.15) is 0 Å². The SMILES string of the molecule is Cc1nc2cc(Oc3ccc(N4C=Nc5ccc(NC6=NC(C)(C)CO6)cc5C4N)cc3C)ccc2o1. The zero-order valence-corrected chi connectivity index (χ0v) is 21.1. The predicted octanol–water partition coefficient (Wildman–Crippen LogP) is 5.95. The number of rotatable bonds is 4. The van der Waals surface area contributed by atoms with E-state index in [1.54, 1.807) is 6.34 Å². The van der Waals surface area contributed by atoms with Gasteiger partial charge in [0.25, 0.3) is 6.02 Å². The lowest BCUT2D eigenvalue weighted by Gasteiger charge is -2.31. The van der Waals surface area contributed by atoms with Crippen LogP contribution in [-0.4, -0.2) is 29.5 Å². The van der Waals surface area contributed by atoms with Gasteiger partial charge in [-0.3, -0.25) is 0 Å². The summed E-state index contributed by atoms with van der Waals surface area (Å²) in [5.74, 6) is 2.07. The minimum atomic E-state index is -0.416. The second kappa shape index (κ2) is 8.63. The maximum atomic E-state index is 6.71. The molecule has 37 heavy (non-hydrogen) atoms. The van der Waals surface area contributed by atoms with Crippen LogP contribution in [0.1, 0.15) is 37.0 Å². The second-order valence-corrected chi connectivity index (χ2v) is 9.93. The Labute approximate surface area is 214 Å². The van der Waals surface area contributed by atoms with Crippen LogP contribution in [-0.2, 0) is 4.74 Å². The van der Waals surface area contributed by atoms with E-state index < -0.39 is 6.17 Å². The highest BCUT2D eigenvalue weighted by atomic mass is 16.5. The monoisotopic (exact) mass is 496 g/mol. The first kappa shape index (κ1) is 23.1. The van der Waals surface area contributed by atoms with Gasteiger partial charge in [-0.15, -0.1) is 0 Å². The molecule has 2 aliphatic heterocycles. The first-order valence-electron chi connectivity index (χ1n) is 12.1. The van der Waals surface area contributed by atoms with Crippen molar-refractivity contribution >= 4 is 40.5 Å². The minimum absolute atomic E-state index is 0.232. The van der Waals surface area contributed by atoms with Crippen molar-refractivity contribution in [1.29, 1.82) is 0 Å². The molecule has 1 atom stereocenters. The highest BCUT2D eigenvalue weighted by Crippen LogP contribution is 2.37. The van der Waals surface area contributed by atoms with E-state index in [1.807, 2.05) is 87.2 Å². The number of anilines is 2. The lowest BCUT2D eigenvalue weighted by molar-refractivity contribution is 0.278. The maximum absolute atomic E-state index is 6.71. The summed E-state index contributed by atoms with van der Waals surface area (Å²) < 4.78 is 17.4. The van der Waals surface area contributed by atoms with Gasteiger partial charge in [0, 0.05) is 29.9 Å². The van der Waals surface area contributed by atoms with E-state index in [0.29, 0.717) is 24.3 Å². The van der Waals surface area contributed by atoms with E-state index in [2.05, 4.69) is 20.3 Å². The van der Waals surface area contributed by atoms with Crippen molar-refractivity contribution in [2.45, 2.75) is 39.4 Å². The van der Waals surface area contributed by atoms with Gasteiger partial charge in [0.1, 0.15) is 29.8 Å². The smallest absolute Gasteiger partial charge is 0.289 e. The number of benzene rings is 3. The number of hydrogen-bond acceptors (Lipinski definition) is 9. The van der Waals surface area contributed by atoms with Crippen molar-refractivity contribution in [2.75, 3.05) is 16.8 Å². The van der Waals surface area contributed by atoms with Crippen LogP contribution in [0.4, 0.5) is 17.1 Å². The molecule has 4 aromatic rings. The topological polar surface area (TPSA) is 110 Å². The molecule has 0 aliphatic carbocycles. The number of aromatic nitrogens is 1. The van der Waals surface area contributed by atoms with Crippen molar-refractivity contribution in [3.05, 3.63) is 71.6 Å². The highest BCUT2D eigenvalue weighted by Gasteiger charge is 2.27. The van der Waals surface area contributed by atoms with Crippen LogP contribution < -0.4 is 20.7 Å². The van der Waals surface area contributed by atoms with Crippen LogP contribution in [0, 0.1) is 13.8 Å². The molecule has 3 aromatic carbocycles. The Balaban J connectivity index is 1.21. The van der Waals surface area contributed by atoms with Crippen molar-refractivity contribution in [1.82, 2.24) is 4.98 Å². The molecule has 9 nitrogen and oxygen atoms in total. The molecule has 0 amide bonds. The summed E-state index contributed by atoms with van der Waals surface area (Å²) in [7, 11) is 0. The number of ether oxygens (including phenoxy) is 2. The normalized spacial score (nSPS) is 17.9. The molecule has 0 saturated carbocycles. The zero-order chi connectivity index (χ0) is 25.7. The Hall–Kier alpha value is -4.37. The molecule has 1 unspecified atom stereocenters. The first-order valence-corrected chi connectivity index (χ1v) is 12.1. The standard InChI is InChI=1S/C28H28N6O3/c1-16-11-19(6-9-24(16)37-20-7-10-25-23(13-20)31-17(2)36-25)34-15-30-22-8-5-18(12-21(22)26(34)29)32-27-33-28(3,4)14-35-27/h5-13,15,26H,14,29H2,1-4H3,(H,32,33). The summed E-state index contributed by atoms with van der Waals surface area (Å²) in [5.41, 5.74) is 12.4. The van der Waals surface area contributed by atoms with Gasteiger partial charge in [0.2, 0.25) is 0 Å². The molecule has 3 N–H and O–H groups in total. The van der Waals surface area contributed by atoms with Crippen LogP contribution in [0.3, 0.4) is 0 Å². The fraction of sp³-hybridized carbons (Fsp3) is 0.250. The molecular weight excluding hydrogens is 468 g/mol. The molecule has 9 heteroatoms. The van der Waals surface area contributed by atoms with Gasteiger partial charge >= 0.3 is 0 Å². The Kier molecular flexibility index (Phi) is 5.38. The maximum Gasteiger partial charge on any atom is 0.289 e. The van der Waals surface area contributed by atoms with Crippen LogP contribution in [0.15, 0.2) is 69.0 Å². The third-order valence-electron chi connectivity index (χ3n) is 6.34. The third kappa shape index (κ3) is 4.49. The number of aryl methyl sites for hydroxylation is 2. The largest absolute Gasteiger partial charge is 0.462 e. The number of oxazole rings is 1. The number of nitrogens with one attached hydrogen (secondary N) is 1. The Morgan fingerprint density at radius 2 is 1.95 bits per heavy atom. The van der Waals surface area contributed by atoms with Crippen LogP contribution >= 0.6 is 0 Å². The number of amidine groups is 1. The molecule has 1 aromatic heterocycles. The van der Waals surface area contributed by atoms with E-state index >= 15 is 0 Å².